The Morgan fingerprint density at radius 1 is 1.37 bits per heavy atom. The summed E-state index contributed by atoms with van der Waals surface area (Å²) in [4.78, 5) is 22.4. The summed E-state index contributed by atoms with van der Waals surface area (Å²) in [7, 11) is 0. The first kappa shape index (κ1) is 13.4. The number of aliphatic carboxylic acids is 1. The van der Waals surface area contributed by atoms with Crippen LogP contribution in [0.15, 0.2) is 24.3 Å². The van der Waals surface area contributed by atoms with Crippen LogP contribution in [0.25, 0.3) is 0 Å². The predicted molar refractivity (Wildman–Crippen MR) is 70.9 cm³/mol. The highest BCUT2D eigenvalue weighted by molar-refractivity contribution is 5.82. The largest absolute Gasteiger partial charge is 0.480 e. The van der Waals surface area contributed by atoms with Crippen LogP contribution in [0.1, 0.15) is 36.9 Å². The molecule has 0 saturated heterocycles. The Hall–Kier alpha value is -2.04. The summed E-state index contributed by atoms with van der Waals surface area (Å²) in [5.74, 6) is -1.04. The first-order valence-electron chi connectivity index (χ1n) is 6.45. The summed E-state index contributed by atoms with van der Waals surface area (Å²) in [6, 6.07) is 6.67. The normalized spacial score (nSPS) is 19.1. The maximum Gasteiger partial charge on any atom is 0.325 e. The smallest absolute Gasteiger partial charge is 0.325 e. The fourth-order valence-corrected chi connectivity index (χ4v) is 2.36. The molecule has 0 radical (unpaired) electrons. The third-order valence-electron chi connectivity index (χ3n) is 3.39. The van der Waals surface area contributed by atoms with Crippen molar-refractivity contribution in [2.75, 3.05) is 0 Å². The van der Waals surface area contributed by atoms with Gasteiger partial charge in [-0.05, 0) is 37.3 Å². The number of carbonyl (C=O) groups excluding carboxylic acids is 1. The highest BCUT2D eigenvalue weighted by Gasteiger charge is 2.22. The summed E-state index contributed by atoms with van der Waals surface area (Å²) < 4.78 is 0. The van der Waals surface area contributed by atoms with E-state index in [9.17, 15) is 9.59 Å². The zero-order valence-corrected chi connectivity index (χ0v) is 10.8. The van der Waals surface area contributed by atoms with Crippen LogP contribution in [0, 0.1) is 0 Å². The third kappa shape index (κ3) is 3.24. The molecule has 0 heterocycles. The molecule has 0 saturated carbocycles. The monoisotopic (exact) mass is 262 g/mol. The molecule has 0 aliphatic heterocycles. The van der Waals surface area contributed by atoms with E-state index in [0.29, 0.717) is 0 Å². The van der Waals surface area contributed by atoms with Gasteiger partial charge < -0.3 is 15.7 Å². The number of carboxylic acids is 1. The van der Waals surface area contributed by atoms with E-state index in [2.05, 4.69) is 16.7 Å². The Morgan fingerprint density at radius 2 is 2.11 bits per heavy atom. The van der Waals surface area contributed by atoms with Gasteiger partial charge in [0.05, 0.1) is 6.04 Å². The Bertz CT molecular complexity index is 487. The molecule has 5 heteroatoms. The quantitative estimate of drug-likeness (QED) is 0.777. The van der Waals surface area contributed by atoms with Crippen LogP contribution < -0.4 is 10.6 Å². The number of amides is 2. The van der Waals surface area contributed by atoms with Crippen molar-refractivity contribution in [1.82, 2.24) is 10.6 Å². The predicted octanol–water partition coefficient (Wildman–Crippen LogP) is 1.84. The lowest BCUT2D eigenvalue weighted by Gasteiger charge is -2.26. The van der Waals surface area contributed by atoms with E-state index in [1.165, 1.54) is 12.5 Å². The van der Waals surface area contributed by atoms with Crippen LogP contribution in [-0.2, 0) is 11.2 Å². The van der Waals surface area contributed by atoms with E-state index in [1.54, 1.807) is 0 Å². The summed E-state index contributed by atoms with van der Waals surface area (Å²) in [5, 5.41) is 14.0. The zero-order chi connectivity index (χ0) is 13.8. The van der Waals surface area contributed by atoms with Crippen LogP contribution in [0.3, 0.4) is 0 Å². The lowest BCUT2D eigenvalue weighted by molar-refractivity contribution is -0.138. The van der Waals surface area contributed by atoms with Crippen molar-refractivity contribution in [3.8, 4) is 0 Å². The molecule has 0 spiro atoms. The molecule has 19 heavy (non-hydrogen) atoms. The Balaban J connectivity index is 2.01. The second kappa shape index (κ2) is 5.73. The number of hydrogen-bond donors (Lipinski definition) is 3. The molecular weight excluding hydrogens is 244 g/mol. The topological polar surface area (TPSA) is 78.4 Å². The van der Waals surface area contributed by atoms with E-state index in [-0.39, 0.29) is 6.04 Å². The fourth-order valence-electron chi connectivity index (χ4n) is 2.36. The van der Waals surface area contributed by atoms with Gasteiger partial charge in [0, 0.05) is 0 Å². The van der Waals surface area contributed by atoms with Crippen molar-refractivity contribution in [2.24, 2.45) is 0 Å². The summed E-state index contributed by atoms with van der Waals surface area (Å²) in [5.41, 5.74) is 2.39. The molecule has 1 aliphatic rings. The number of aryl methyl sites for hydroxylation is 1. The van der Waals surface area contributed by atoms with Crippen molar-refractivity contribution < 1.29 is 14.7 Å². The number of carboxylic acid groups (broad SMARTS) is 1. The number of hydrogen-bond acceptors (Lipinski definition) is 2. The van der Waals surface area contributed by atoms with Gasteiger partial charge >= 0.3 is 12.0 Å². The van der Waals surface area contributed by atoms with Crippen molar-refractivity contribution in [1.29, 1.82) is 0 Å². The van der Waals surface area contributed by atoms with Gasteiger partial charge in [-0.2, -0.15) is 0 Å². The van der Waals surface area contributed by atoms with Crippen LogP contribution in [0.5, 0.6) is 0 Å². The number of benzene rings is 1. The maximum atomic E-state index is 11.8. The van der Waals surface area contributed by atoms with Gasteiger partial charge in [0.1, 0.15) is 6.04 Å². The average Bonchev–Trinajstić information content (AvgIpc) is 2.39. The minimum Gasteiger partial charge on any atom is -0.480 e. The zero-order valence-electron chi connectivity index (χ0n) is 10.8. The number of carbonyl (C=O) groups is 2. The van der Waals surface area contributed by atoms with Crippen LogP contribution in [-0.4, -0.2) is 23.1 Å². The second-order valence-electron chi connectivity index (χ2n) is 4.82. The van der Waals surface area contributed by atoms with E-state index >= 15 is 0 Å². The number of nitrogens with one attached hydrogen (secondary N) is 2. The first-order chi connectivity index (χ1) is 9.08. The molecule has 0 bridgehead atoms. The van der Waals surface area contributed by atoms with E-state index in [4.69, 9.17) is 5.11 Å². The number of fused-ring (bicyclic) bond motifs is 1. The highest BCUT2D eigenvalue weighted by Crippen LogP contribution is 2.29. The Labute approximate surface area is 112 Å². The molecular formula is C14H18N2O3. The summed E-state index contributed by atoms with van der Waals surface area (Å²) in [6.07, 6.45) is 2.93. The lowest BCUT2D eigenvalue weighted by Crippen LogP contribution is -2.45. The van der Waals surface area contributed by atoms with Gasteiger partial charge in [-0.25, -0.2) is 4.79 Å². The second-order valence-corrected chi connectivity index (χ2v) is 4.82. The van der Waals surface area contributed by atoms with Gasteiger partial charge in [-0.15, -0.1) is 0 Å². The van der Waals surface area contributed by atoms with E-state index in [1.807, 2.05) is 18.2 Å². The minimum absolute atomic E-state index is 0.0362. The standard InChI is InChI=1S/C14H18N2O3/c1-9(13(17)18)15-14(19)16-12-8-4-6-10-5-2-3-7-11(10)12/h2-3,5,7,9,12H,4,6,8H2,1H3,(H,17,18)(H2,15,16,19)/t9-,12?/m1/s1. The van der Waals surface area contributed by atoms with Crippen molar-refractivity contribution in [3.63, 3.8) is 0 Å². The SMILES string of the molecule is C[C@@H](NC(=O)NC1CCCc2ccccc21)C(=O)O. The van der Waals surface area contributed by atoms with Crippen molar-refractivity contribution in [2.45, 2.75) is 38.3 Å². The fraction of sp³-hybridized carbons (Fsp3) is 0.429. The average molecular weight is 262 g/mol. The molecule has 2 amide bonds. The lowest BCUT2D eigenvalue weighted by atomic mass is 9.88. The summed E-state index contributed by atoms with van der Waals surface area (Å²) >= 11 is 0. The molecule has 5 nitrogen and oxygen atoms in total. The van der Waals surface area contributed by atoms with Gasteiger partial charge in [0.2, 0.25) is 0 Å². The number of rotatable bonds is 3. The molecule has 2 rings (SSSR count). The van der Waals surface area contributed by atoms with Gasteiger partial charge in [0.15, 0.2) is 0 Å². The molecule has 3 N–H and O–H groups in total. The van der Waals surface area contributed by atoms with Crippen LogP contribution in [0.4, 0.5) is 4.79 Å². The Morgan fingerprint density at radius 3 is 2.84 bits per heavy atom. The molecule has 0 fully saturated rings. The number of urea groups is 1. The molecule has 1 aromatic carbocycles. The third-order valence-corrected chi connectivity index (χ3v) is 3.39. The van der Waals surface area contributed by atoms with Gasteiger partial charge in [-0.3, -0.25) is 4.79 Å². The summed E-state index contributed by atoms with van der Waals surface area (Å²) in [6.45, 7) is 1.44. The Kier molecular flexibility index (Phi) is 4.04. The molecule has 1 unspecified atom stereocenters. The molecule has 1 aromatic rings. The molecule has 1 aliphatic carbocycles. The van der Waals surface area contributed by atoms with Crippen LogP contribution >= 0.6 is 0 Å². The van der Waals surface area contributed by atoms with E-state index < -0.39 is 18.0 Å². The van der Waals surface area contributed by atoms with Crippen molar-refractivity contribution >= 4 is 12.0 Å². The first-order valence-corrected chi connectivity index (χ1v) is 6.45. The van der Waals surface area contributed by atoms with Crippen LogP contribution in [0.2, 0.25) is 0 Å². The molecule has 2 atom stereocenters. The van der Waals surface area contributed by atoms with Crippen molar-refractivity contribution in [3.05, 3.63) is 35.4 Å². The molecule has 102 valence electrons. The highest BCUT2D eigenvalue weighted by atomic mass is 16.4. The van der Waals surface area contributed by atoms with Gasteiger partial charge in [-0.1, -0.05) is 24.3 Å². The van der Waals surface area contributed by atoms with E-state index in [0.717, 1.165) is 24.8 Å². The molecule has 0 aromatic heterocycles. The minimum atomic E-state index is -1.04. The maximum absolute atomic E-state index is 11.8. The van der Waals surface area contributed by atoms with Gasteiger partial charge in [0.25, 0.3) is 0 Å².